The average molecular weight is 272 g/mol. The van der Waals surface area contributed by atoms with Crippen LogP contribution in [0.2, 0.25) is 0 Å². The Kier molecular flexibility index (Phi) is 4.52. The van der Waals surface area contributed by atoms with E-state index in [2.05, 4.69) is 5.92 Å². The van der Waals surface area contributed by atoms with Gasteiger partial charge in [0, 0.05) is 25.1 Å². The highest BCUT2D eigenvalue weighted by atomic mass is 16.5. The van der Waals surface area contributed by atoms with E-state index in [0.717, 1.165) is 32.4 Å². The lowest BCUT2D eigenvalue weighted by atomic mass is 9.94. The molecule has 1 heterocycles. The van der Waals surface area contributed by atoms with E-state index in [1.165, 1.54) is 0 Å². The van der Waals surface area contributed by atoms with E-state index in [1.807, 2.05) is 4.90 Å². The minimum atomic E-state index is 0.0185. The number of nitrogens with two attached hydrogens (primary N) is 1. The molecule has 20 heavy (non-hydrogen) atoms. The Morgan fingerprint density at radius 2 is 2.40 bits per heavy atom. The first-order valence-electron chi connectivity index (χ1n) is 6.82. The van der Waals surface area contributed by atoms with Crippen LogP contribution in [0.4, 0.5) is 5.69 Å². The number of amides is 1. The summed E-state index contributed by atoms with van der Waals surface area (Å²) in [5, 5.41) is 0. The Hall–Kier alpha value is -2.15. The van der Waals surface area contributed by atoms with Crippen LogP contribution in [-0.2, 0) is 0 Å². The molecule has 1 atom stereocenters. The fourth-order valence-corrected chi connectivity index (χ4v) is 2.61. The van der Waals surface area contributed by atoms with E-state index in [9.17, 15) is 4.79 Å². The van der Waals surface area contributed by atoms with Crippen LogP contribution in [0.3, 0.4) is 0 Å². The second-order valence-electron chi connectivity index (χ2n) is 5.12. The molecule has 0 radical (unpaired) electrons. The Morgan fingerprint density at radius 3 is 3.10 bits per heavy atom. The molecule has 1 aromatic rings. The minimum Gasteiger partial charge on any atom is -0.495 e. The number of piperidine rings is 1. The maximum Gasteiger partial charge on any atom is 0.254 e. The van der Waals surface area contributed by atoms with Crippen molar-refractivity contribution in [3.63, 3.8) is 0 Å². The van der Waals surface area contributed by atoms with Crippen LogP contribution in [0, 0.1) is 18.3 Å². The van der Waals surface area contributed by atoms with Crippen molar-refractivity contribution in [3.05, 3.63) is 23.8 Å². The summed E-state index contributed by atoms with van der Waals surface area (Å²) in [4.78, 5) is 14.4. The molecule has 106 valence electrons. The number of likely N-dealkylation sites (tertiary alicyclic amines) is 1. The quantitative estimate of drug-likeness (QED) is 0.677. The number of benzene rings is 1. The second kappa shape index (κ2) is 6.33. The summed E-state index contributed by atoms with van der Waals surface area (Å²) in [5.74, 6) is 3.65. The van der Waals surface area contributed by atoms with E-state index in [1.54, 1.807) is 25.3 Å². The Labute approximate surface area is 119 Å². The molecule has 0 spiro atoms. The predicted molar refractivity (Wildman–Crippen MR) is 79.5 cm³/mol. The molecule has 1 fully saturated rings. The van der Waals surface area contributed by atoms with Crippen LogP contribution in [0.25, 0.3) is 0 Å². The molecule has 0 bridgehead atoms. The predicted octanol–water partition coefficient (Wildman–Crippen LogP) is 2.15. The van der Waals surface area contributed by atoms with Crippen LogP contribution >= 0.6 is 0 Å². The first-order valence-corrected chi connectivity index (χ1v) is 6.82. The number of methoxy groups -OCH3 is 1. The molecule has 1 aliphatic heterocycles. The average Bonchev–Trinajstić information content (AvgIpc) is 2.48. The number of hydrogen-bond acceptors (Lipinski definition) is 3. The lowest BCUT2D eigenvalue weighted by Crippen LogP contribution is -2.39. The van der Waals surface area contributed by atoms with Crippen molar-refractivity contribution in [1.82, 2.24) is 4.90 Å². The van der Waals surface area contributed by atoms with Crippen molar-refractivity contribution in [2.75, 3.05) is 25.9 Å². The van der Waals surface area contributed by atoms with E-state index in [-0.39, 0.29) is 5.91 Å². The summed E-state index contributed by atoms with van der Waals surface area (Å²) in [6, 6.07) is 5.14. The van der Waals surface area contributed by atoms with Gasteiger partial charge in [-0.1, -0.05) is 0 Å². The minimum absolute atomic E-state index is 0.0185. The van der Waals surface area contributed by atoms with Crippen LogP contribution < -0.4 is 10.5 Å². The third-order valence-electron chi connectivity index (χ3n) is 3.69. The van der Waals surface area contributed by atoms with Crippen LogP contribution in [-0.4, -0.2) is 31.0 Å². The van der Waals surface area contributed by atoms with E-state index in [4.69, 9.17) is 16.9 Å². The van der Waals surface area contributed by atoms with Crippen molar-refractivity contribution >= 4 is 11.6 Å². The summed E-state index contributed by atoms with van der Waals surface area (Å²) < 4.78 is 5.16. The van der Waals surface area contributed by atoms with Gasteiger partial charge in [-0.05, 0) is 37.0 Å². The Bertz CT molecular complexity index is 534. The standard InChI is InChI=1S/C16H20N2O2/c1-3-5-12-6-4-9-18(11-12)16(19)13-7-8-14(17)15(10-13)20-2/h1,7-8,10,12H,4-6,9,11,17H2,2H3/t12-/m1/s1. The molecule has 0 unspecified atom stereocenters. The molecule has 4 heteroatoms. The number of terminal acetylenes is 1. The smallest absolute Gasteiger partial charge is 0.254 e. The highest BCUT2D eigenvalue weighted by Crippen LogP contribution is 2.25. The number of anilines is 1. The number of ether oxygens (including phenoxy) is 1. The zero-order valence-corrected chi connectivity index (χ0v) is 11.8. The van der Waals surface area contributed by atoms with Gasteiger partial charge < -0.3 is 15.4 Å². The fraction of sp³-hybridized carbons (Fsp3) is 0.438. The molecule has 1 aromatic carbocycles. The summed E-state index contributed by atoms with van der Waals surface area (Å²) in [6.07, 6.45) is 8.19. The number of rotatable bonds is 3. The van der Waals surface area contributed by atoms with Crippen LogP contribution in [0.5, 0.6) is 5.75 Å². The lowest BCUT2D eigenvalue weighted by Gasteiger charge is -2.32. The molecule has 0 aromatic heterocycles. The molecule has 1 aliphatic rings. The molecule has 1 saturated heterocycles. The maximum absolute atomic E-state index is 12.5. The molecular weight excluding hydrogens is 252 g/mol. The zero-order valence-electron chi connectivity index (χ0n) is 11.8. The number of nitrogen functional groups attached to an aromatic ring is 1. The van der Waals surface area contributed by atoms with Crippen molar-refractivity contribution in [2.24, 2.45) is 5.92 Å². The fourth-order valence-electron chi connectivity index (χ4n) is 2.61. The van der Waals surface area contributed by atoms with Gasteiger partial charge in [-0.2, -0.15) is 0 Å². The molecule has 2 N–H and O–H groups in total. The van der Waals surface area contributed by atoms with Gasteiger partial charge in [0.25, 0.3) is 5.91 Å². The third-order valence-corrected chi connectivity index (χ3v) is 3.69. The highest BCUT2D eigenvalue weighted by Gasteiger charge is 2.24. The van der Waals surface area contributed by atoms with Crippen LogP contribution in [0.1, 0.15) is 29.6 Å². The molecule has 4 nitrogen and oxygen atoms in total. The van der Waals surface area contributed by atoms with Gasteiger partial charge in [-0.25, -0.2) is 0 Å². The van der Waals surface area contributed by atoms with Crippen LogP contribution in [0.15, 0.2) is 18.2 Å². The number of hydrogen-bond donors (Lipinski definition) is 1. The molecule has 0 saturated carbocycles. The topological polar surface area (TPSA) is 55.6 Å². The van der Waals surface area contributed by atoms with E-state index < -0.39 is 0 Å². The van der Waals surface area contributed by atoms with Gasteiger partial charge in [0.1, 0.15) is 5.75 Å². The van der Waals surface area contributed by atoms with Crippen molar-refractivity contribution in [1.29, 1.82) is 0 Å². The van der Waals surface area contributed by atoms with Crippen molar-refractivity contribution < 1.29 is 9.53 Å². The largest absolute Gasteiger partial charge is 0.495 e. The lowest BCUT2D eigenvalue weighted by molar-refractivity contribution is 0.0676. The number of nitrogens with zero attached hydrogens (tertiary/aromatic N) is 1. The molecule has 0 aliphatic carbocycles. The Morgan fingerprint density at radius 1 is 1.60 bits per heavy atom. The molecule has 1 amide bonds. The molecule has 2 rings (SSSR count). The van der Waals surface area contributed by atoms with Crippen molar-refractivity contribution in [2.45, 2.75) is 19.3 Å². The zero-order chi connectivity index (χ0) is 14.5. The van der Waals surface area contributed by atoms with Gasteiger partial charge in [0.05, 0.1) is 12.8 Å². The third kappa shape index (κ3) is 3.05. The van der Waals surface area contributed by atoms with Crippen molar-refractivity contribution in [3.8, 4) is 18.1 Å². The van der Waals surface area contributed by atoms with E-state index in [0.29, 0.717) is 22.9 Å². The van der Waals surface area contributed by atoms with Gasteiger partial charge >= 0.3 is 0 Å². The first-order chi connectivity index (χ1) is 9.65. The summed E-state index contributed by atoms with van der Waals surface area (Å²) in [5.41, 5.74) is 6.91. The molecular formula is C16H20N2O2. The van der Waals surface area contributed by atoms with Gasteiger partial charge in [0.15, 0.2) is 0 Å². The number of carbonyl (C=O) groups excluding carboxylic acids is 1. The van der Waals surface area contributed by atoms with Gasteiger partial charge in [0.2, 0.25) is 0 Å². The summed E-state index contributed by atoms with van der Waals surface area (Å²) in [7, 11) is 1.55. The van der Waals surface area contributed by atoms with E-state index >= 15 is 0 Å². The summed E-state index contributed by atoms with van der Waals surface area (Å²) >= 11 is 0. The number of carbonyl (C=O) groups is 1. The Balaban J connectivity index is 2.12. The second-order valence-corrected chi connectivity index (χ2v) is 5.12. The SMILES string of the molecule is C#CC[C@@H]1CCCN(C(=O)c2ccc(N)c(OC)c2)C1. The van der Waals surface area contributed by atoms with Gasteiger partial charge in [-0.15, -0.1) is 12.3 Å². The summed E-state index contributed by atoms with van der Waals surface area (Å²) in [6.45, 7) is 1.52. The van der Waals surface area contributed by atoms with Gasteiger partial charge in [-0.3, -0.25) is 4.79 Å². The highest BCUT2D eigenvalue weighted by molar-refractivity contribution is 5.95. The normalized spacial score (nSPS) is 18.4. The maximum atomic E-state index is 12.5. The monoisotopic (exact) mass is 272 g/mol. The first kappa shape index (κ1) is 14.3.